The number of hydrogen-bond acceptors (Lipinski definition) is 6. The summed E-state index contributed by atoms with van der Waals surface area (Å²) in [4.78, 5) is 52.8. The first-order valence-corrected chi connectivity index (χ1v) is 14.1. The average molecular weight is 628 g/mol. The number of anilines is 1. The van der Waals surface area contributed by atoms with Gasteiger partial charge in [-0.25, -0.2) is 4.39 Å². The Morgan fingerprint density at radius 3 is 2.56 bits per heavy atom. The number of imide groups is 1. The summed E-state index contributed by atoms with van der Waals surface area (Å²) >= 11 is 5.77. The van der Waals surface area contributed by atoms with Crippen molar-refractivity contribution in [1.29, 1.82) is 0 Å². The molecule has 0 spiro atoms. The molecule has 0 aliphatic carbocycles. The molecule has 1 aliphatic rings. The van der Waals surface area contributed by atoms with Crippen molar-refractivity contribution in [3.8, 4) is 0 Å². The van der Waals surface area contributed by atoms with Gasteiger partial charge in [0.15, 0.2) is 0 Å². The number of carbonyl (C=O) groups excluding carboxylic acids is 4. The van der Waals surface area contributed by atoms with Crippen molar-refractivity contribution < 1.29 is 23.6 Å². The standard InChI is InChI=1S/C27H20BrFN4O4S2/c28-17-3-8-22-21(11-17)16(13-32(22)14-24(34)30-12-20-2-1-9-38-20)10-23-26(36)33(27(37)39-23)15-25(35)31-19-6-4-18(29)5-7-19/h1-11,13H,12,14-15H2,(H,30,34)(H,31,35)/b23-10-. The molecule has 0 unspecified atom stereocenters. The summed E-state index contributed by atoms with van der Waals surface area (Å²) in [5.74, 6) is -1.79. The van der Waals surface area contributed by atoms with Gasteiger partial charge < -0.3 is 15.2 Å². The molecule has 2 N–H and O–H groups in total. The van der Waals surface area contributed by atoms with E-state index in [0.29, 0.717) is 17.8 Å². The summed E-state index contributed by atoms with van der Waals surface area (Å²) in [6, 6.07) is 14.6. The second-order valence-electron chi connectivity index (χ2n) is 8.55. The van der Waals surface area contributed by atoms with E-state index in [9.17, 15) is 23.6 Å². The number of hydrogen-bond donors (Lipinski definition) is 2. The van der Waals surface area contributed by atoms with Crippen LogP contribution in [0.3, 0.4) is 0 Å². The van der Waals surface area contributed by atoms with Crippen LogP contribution in [0.25, 0.3) is 17.0 Å². The molecule has 0 saturated carbocycles. The fourth-order valence-electron chi connectivity index (χ4n) is 4.01. The van der Waals surface area contributed by atoms with Crippen LogP contribution >= 0.6 is 39.0 Å². The lowest BCUT2D eigenvalue weighted by Crippen LogP contribution is -2.36. The number of aromatic nitrogens is 1. The number of carbonyl (C=O) groups is 4. The third-order valence-corrected chi connectivity index (χ3v) is 8.09. The number of amides is 4. The normalized spacial score (nSPS) is 14.4. The molecular formula is C27H20BrFN4O4S2. The SMILES string of the molecule is O=C(Cn1cc(/C=C2\SC(=O)N(CC(=O)Nc3ccc(F)cc3)C2=O)c2cc(Br)ccc21)NCc1cccs1. The second-order valence-corrected chi connectivity index (χ2v) is 11.5. The van der Waals surface area contributed by atoms with Crippen molar-refractivity contribution in [3.63, 3.8) is 0 Å². The van der Waals surface area contributed by atoms with Gasteiger partial charge in [0.2, 0.25) is 11.8 Å². The summed E-state index contributed by atoms with van der Waals surface area (Å²) < 4.78 is 15.7. The minimum absolute atomic E-state index is 0.0718. The molecule has 0 radical (unpaired) electrons. The van der Waals surface area contributed by atoms with E-state index in [0.717, 1.165) is 36.9 Å². The van der Waals surface area contributed by atoms with Gasteiger partial charge in [0.1, 0.15) is 18.9 Å². The predicted octanol–water partition coefficient (Wildman–Crippen LogP) is 5.60. The number of thiophene rings is 1. The molecule has 2 aromatic carbocycles. The summed E-state index contributed by atoms with van der Waals surface area (Å²) in [5.41, 5.74) is 1.79. The number of rotatable bonds is 8. The Kier molecular flexibility index (Phi) is 7.96. The predicted molar refractivity (Wildman–Crippen MR) is 154 cm³/mol. The van der Waals surface area contributed by atoms with Crippen LogP contribution in [0.15, 0.2) is 75.6 Å². The molecule has 5 rings (SSSR count). The second kappa shape index (κ2) is 11.6. The van der Waals surface area contributed by atoms with Gasteiger partial charge in [-0.05, 0) is 71.7 Å². The number of fused-ring (bicyclic) bond motifs is 1. The van der Waals surface area contributed by atoms with Crippen LogP contribution in [0.5, 0.6) is 0 Å². The third-order valence-electron chi connectivity index (χ3n) is 5.82. The Morgan fingerprint density at radius 2 is 1.82 bits per heavy atom. The molecule has 4 aromatic rings. The van der Waals surface area contributed by atoms with E-state index in [1.165, 1.54) is 24.3 Å². The van der Waals surface area contributed by atoms with Crippen molar-refractivity contribution >= 4 is 84.7 Å². The lowest BCUT2D eigenvalue weighted by atomic mass is 10.1. The molecule has 1 saturated heterocycles. The van der Waals surface area contributed by atoms with Crippen molar-refractivity contribution in [2.45, 2.75) is 13.1 Å². The van der Waals surface area contributed by atoms with E-state index in [4.69, 9.17) is 0 Å². The Morgan fingerprint density at radius 1 is 1.03 bits per heavy atom. The first-order valence-electron chi connectivity index (χ1n) is 11.6. The molecular weight excluding hydrogens is 607 g/mol. The average Bonchev–Trinajstić information content (AvgIpc) is 3.60. The van der Waals surface area contributed by atoms with Gasteiger partial charge in [0.25, 0.3) is 11.1 Å². The molecule has 0 bridgehead atoms. The van der Waals surface area contributed by atoms with Crippen LogP contribution in [0.4, 0.5) is 14.9 Å². The minimum atomic E-state index is -0.594. The molecule has 3 heterocycles. The van der Waals surface area contributed by atoms with Gasteiger partial charge in [0.05, 0.1) is 11.4 Å². The molecule has 39 heavy (non-hydrogen) atoms. The largest absolute Gasteiger partial charge is 0.350 e. The van der Waals surface area contributed by atoms with Crippen molar-refractivity contribution in [2.24, 2.45) is 0 Å². The van der Waals surface area contributed by atoms with E-state index in [1.54, 1.807) is 28.2 Å². The van der Waals surface area contributed by atoms with Gasteiger partial charge in [-0.1, -0.05) is 22.0 Å². The van der Waals surface area contributed by atoms with Crippen molar-refractivity contribution in [3.05, 3.63) is 91.8 Å². The van der Waals surface area contributed by atoms with Gasteiger partial charge >= 0.3 is 0 Å². The third kappa shape index (κ3) is 6.29. The van der Waals surface area contributed by atoms with Crippen LogP contribution in [0.1, 0.15) is 10.4 Å². The Labute approximate surface area is 239 Å². The summed E-state index contributed by atoms with van der Waals surface area (Å²) in [6.45, 7) is 0.0372. The van der Waals surface area contributed by atoms with Gasteiger partial charge in [0, 0.05) is 37.7 Å². The molecule has 198 valence electrons. The zero-order chi connectivity index (χ0) is 27.5. The zero-order valence-corrected chi connectivity index (χ0v) is 23.4. The lowest BCUT2D eigenvalue weighted by molar-refractivity contribution is -0.127. The highest BCUT2D eigenvalue weighted by Gasteiger charge is 2.36. The maximum atomic E-state index is 13.1. The maximum absolute atomic E-state index is 13.1. The molecule has 0 atom stereocenters. The number of nitrogens with one attached hydrogen (secondary N) is 2. The fourth-order valence-corrected chi connectivity index (χ4v) is 5.84. The minimum Gasteiger partial charge on any atom is -0.350 e. The highest BCUT2D eigenvalue weighted by Crippen LogP contribution is 2.34. The van der Waals surface area contributed by atoms with Crippen LogP contribution in [-0.2, 0) is 27.5 Å². The topological polar surface area (TPSA) is 101 Å². The maximum Gasteiger partial charge on any atom is 0.294 e. The van der Waals surface area contributed by atoms with E-state index < -0.39 is 29.4 Å². The summed E-state index contributed by atoms with van der Waals surface area (Å²) in [6.07, 6.45) is 3.36. The van der Waals surface area contributed by atoms with Gasteiger partial charge in [-0.3, -0.25) is 24.1 Å². The fraction of sp³-hybridized carbons (Fsp3) is 0.111. The lowest BCUT2D eigenvalue weighted by Gasteiger charge is -2.12. The van der Waals surface area contributed by atoms with E-state index >= 15 is 0 Å². The monoisotopic (exact) mass is 626 g/mol. The first-order chi connectivity index (χ1) is 18.8. The molecule has 1 aliphatic heterocycles. The van der Waals surface area contributed by atoms with E-state index in [1.807, 2.05) is 35.7 Å². The van der Waals surface area contributed by atoms with Crippen LogP contribution in [-0.4, -0.2) is 39.0 Å². The van der Waals surface area contributed by atoms with Crippen molar-refractivity contribution in [2.75, 3.05) is 11.9 Å². The van der Waals surface area contributed by atoms with Crippen LogP contribution in [0, 0.1) is 5.82 Å². The molecule has 2 aromatic heterocycles. The van der Waals surface area contributed by atoms with Crippen LogP contribution in [0.2, 0.25) is 0 Å². The molecule has 12 heteroatoms. The Bertz CT molecular complexity index is 1620. The summed E-state index contributed by atoms with van der Waals surface area (Å²) in [7, 11) is 0. The Balaban J connectivity index is 1.33. The number of benzene rings is 2. The Hall–Kier alpha value is -3.74. The van der Waals surface area contributed by atoms with E-state index in [2.05, 4.69) is 26.6 Å². The van der Waals surface area contributed by atoms with Gasteiger partial charge in [-0.15, -0.1) is 11.3 Å². The van der Waals surface area contributed by atoms with Gasteiger partial charge in [-0.2, -0.15) is 0 Å². The smallest absolute Gasteiger partial charge is 0.294 e. The highest BCUT2D eigenvalue weighted by atomic mass is 79.9. The quantitative estimate of drug-likeness (QED) is 0.248. The van der Waals surface area contributed by atoms with E-state index in [-0.39, 0.29) is 17.4 Å². The molecule has 1 fully saturated rings. The number of nitrogens with zero attached hydrogens (tertiary/aromatic N) is 2. The summed E-state index contributed by atoms with van der Waals surface area (Å²) in [5, 5.41) is 7.62. The molecule has 8 nitrogen and oxygen atoms in total. The number of thioether (sulfide) groups is 1. The van der Waals surface area contributed by atoms with Crippen LogP contribution < -0.4 is 10.6 Å². The number of halogens is 2. The highest BCUT2D eigenvalue weighted by molar-refractivity contribution is 9.10. The zero-order valence-electron chi connectivity index (χ0n) is 20.1. The molecule has 4 amide bonds. The van der Waals surface area contributed by atoms with Crippen molar-refractivity contribution in [1.82, 2.24) is 14.8 Å². The first kappa shape index (κ1) is 26.9.